The minimum atomic E-state index is -0.586. The number of methoxy groups -OCH3 is 2. The van der Waals surface area contributed by atoms with Crippen LogP contribution in [0.15, 0.2) is 42.0 Å². The summed E-state index contributed by atoms with van der Waals surface area (Å²) in [6.45, 7) is 5.98. The third-order valence-electron chi connectivity index (χ3n) is 4.25. The number of carbonyl (C=O) groups excluding carboxylic acids is 1. The minimum Gasteiger partial charge on any atom is -0.507 e. The zero-order chi connectivity index (χ0) is 20.0. The van der Waals surface area contributed by atoms with Gasteiger partial charge in [0, 0.05) is 5.56 Å². The van der Waals surface area contributed by atoms with Crippen molar-refractivity contribution in [3.8, 4) is 11.5 Å². The second-order valence-corrected chi connectivity index (χ2v) is 6.59. The number of aromatic hydroxyl groups is 1. The number of phenolic OH excluding ortho intramolecular Hbond substituents is 1. The lowest BCUT2D eigenvalue weighted by Gasteiger charge is -2.15. The molecule has 4 nitrogen and oxygen atoms in total. The van der Waals surface area contributed by atoms with Crippen molar-refractivity contribution in [3.05, 3.63) is 69.8 Å². The highest BCUT2D eigenvalue weighted by atomic mass is 16.5. The Morgan fingerprint density at radius 2 is 1.78 bits per heavy atom. The zero-order valence-electron chi connectivity index (χ0n) is 16.5. The van der Waals surface area contributed by atoms with E-state index in [-0.39, 0.29) is 11.3 Å². The molecule has 0 heterocycles. The molecule has 0 unspecified atom stereocenters. The molecule has 0 bridgehead atoms. The number of carbonyl (C=O) groups is 1. The Labute approximate surface area is 160 Å². The van der Waals surface area contributed by atoms with E-state index in [0.717, 1.165) is 11.1 Å². The van der Waals surface area contributed by atoms with E-state index in [1.165, 1.54) is 12.7 Å². The average Bonchev–Trinajstić information content (AvgIpc) is 2.65. The van der Waals surface area contributed by atoms with Crippen molar-refractivity contribution in [1.29, 1.82) is 0 Å². The largest absolute Gasteiger partial charge is 0.507 e. The van der Waals surface area contributed by atoms with E-state index in [0.29, 0.717) is 23.3 Å². The quantitative estimate of drug-likeness (QED) is 0.435. The highest BCUT2D eigenvalue weighted by molar-refractivity contribution is 5.98. The summed E-state index contributed by atoms with van der Waals surface area (Å²) < 4.78 is 10.4. The number of rotatable bonds is 6. The van der Waals surface area contributed by atoms with Gasteiger partial charge in [-0.2, -0.15) is 0 Å². The van der Waals surface area contributed by atoms with Crippen molar-refractivity contribution in [1.82, 2.24) is 0 Å². The summed E-state index contributed by atoms with van der Waals surface area (Å²) >= 11 is 0. The lowest BCUT2D eigenvalue weighted by Crippen LogP contribution is -2.07. The topological polar surface area (TPSA) is 55.8 Å². The van der Waals surface area contributed by atoms with E-state index < -0.39 is 5.97 Å². The van der Waals surface area contributed by atoms with Crippen molar-refractivity contribution in [2.24, 2.45) is 0 Å². The molecule has 27 heavy (non-hydrogen) atoms. The molecule has 0 aliphatic carbocycles. The first-order valence-corrected chi connectivity index (χ1v) is 8.76. The highest BCUT2D eigenvalue weighted by Gasteiger charge is 2.22. The summed E-state index contributed by atoms with van der Waals surface area (Å²) in [7, 11) is 2.85. The van der Waals surface area contributed by atoms with Crippen molar-refractivity contribution >= 4 is 18.1 Å². The fourth-order valence-corrected chi connectivity index (χ4v) is 2.70. The van der Waals surface area contributed by atoms with E-state index in [1.807, 2.05) is 57.2 Å². The molecule has 2 aromatic rings. The van der Waals surface area contributed by atoms with Gasteiger partial charge < -0.3 is 14.6 Å². The molecule has 2 rings (SSSR count). The molecule has 142 valence electrons. The molecule has 0 aromatic heterocycles. The number of aryl methyl sites for hydroxylation is 1. The normalized spacial score (nSPS) is 10.7. The molecule has 0 radical (unpaired) electrons. The summed E-state index contributed by atoms with van der Waals surface area (Å²) in [5, 5.41) is 10.8. The molecule has 0 saturated carbocycles. The Kier molecular flexibility index (Phi) is 6.83. The molecular weight excluding hydrogens is 340 g/mol. The van der Waals surface area contributed by atoms with Crippen LogP contribution in [0.4, 0.5) is 0 Å². The number of benzene rings is 2. The van der Waals surface area contributed by atoms with Crippen LogP contribution in [0.5, 0.6) is 11.5 Å². The van der Waals surface area contributed by atoms with Gasteiger partial charge in [0.05, 0.1) is 14.2 Å². The van der Waals surface area contributed by atoms with Crippen molar-refractivity contribution in [2.45, 2.75) is 27.2 Å². The first kappa shape index (κ1) is 20.3. The minimum absolute atomic E-state index is 0.109. The number of esters is 1. The molecule has 0 spiro atoms. The first-order chi connectivity index (χ1) is 12.9. The lowest BCUT2D eigenvalue weighted by atomic mass is 9.97. The van der Waals surface area contributed by atoms with E-state index in [1.54, 1.807) is 19.3 Å². The number of hydrogen-bond donors (Lipinski definition) is 1. The fourth-order valence-electron chi connectivity index (χ4n) is 2.70. The van der Waals surface area contributed by atoms with Crippen molar-refractivity contribution in [2.75, 3.05) is 14.2 Å². The number of allylic oxidation sites excluding steroid dienone is 2. The maximum atomic E-state index is 12.3. The van der Waals surface area contributed by atoms with Gasteiger partial charge in [0.2, 0.25) is 0 Å². The molecule has 0 atom stereocenters. The van der Waals surface area contributed by atoms with Crippen LogP contribution in [0.25, 0.3) is 12.2 Å². The molecule has 0 saturated heterocycles. The zero-order valence-corrected chi connectivity index (χ0v) is 16.5. The maximum absolute atomic E-state index is 12.3. The second kappa shape index (κ2) is 9.08. The van der Waals surface area contributed by atoms with E-state index in [4.69, 9.17) is 9.47 Å². The van der Waals surface area contributed by atoms with Crippen LogP contribution >= 0.6 is 0 Å². The third-order valence-corrected chi connectivity index (χ3v) is 4.25. The van der Waals surface area contributed by atoms with Gasteiger partial charge in [-0.15, -0.1) is 0 Å². The first-order valence-electron chi connectivity index (χ1n) is 8.76. The SMILES string of the molecule is COC(=O)c1c(/C=C/c2ccc(C)cc2)cc(OC)c(CC=C(C)C)c1O. The Bertz CT molecular complexity index is 870. The lowest BCUT2D eigenvalue weighted by molar-refractivity contribution is 0.0597. The predicted octanol–water partition coefficient (Wildman–Crippen LogP) is 5.17. The number of hydrogen-bond acceptors (Lipinski definition) is 4. The van der Waals surface area contributed by atoms with Crippen LogP contribution in [0.1, 0.15) is 46.5 Å². The summed E-state index contributed by atoms with van der Waals surface area (Å²) in [6.07, 6.45) is 6.10. The van der Waals surface area contributed by atoms with Crippen molar-refractivity contribution in [3.63, 3.8) is 0 Å². The van der Waals surface area contributed by atoms with E-state index in [2.05, 4.69) is 0 Å². The molecule has 4 heteroatoms. The second-order valence-electron chi connectivity index (χ2n) is 6.59. The summed E-state index contributed by atoms with van der Waals surface area (Å²) in [5.74, 6) is -0.166. The number of phenols is 1. The van der Waals surface area contributed by atoms with Gasteiger partial charge in [-0.05, 0) is 44.4 Å². The van der Waals surface area contributed by atoms with E-state index in [9.17, 15) is 9.90 Å². The smallest absolute Gasteiger partial charge is 0.342 e. The fraction of sp³-hybridized carbons (Fsp3) is 0.261. The van der Waals surface area contributed by atoms with Crippen LogP contribution in [-0.2, 0) is 11.2 Å². The molecule has 2 aromatic carbocycles. The Morgan fingerprint density at radius 1 is 1.11 bits per heavy atom. The van der Waals surface area contributed by atoms with Gasteiger partial charge in [0.1, 0.15) is 17.1 Å². The van der Waals surface area contributed by atoms with Gasteiger partial charge in [-0.1, -0.05) is 53.6 Å². The maximum Gasteiger partial charge on any atom is 0.342 e. The summed E-state index contributed by atoms with van der Waals surface area (Å²) in [4.78, 5) is 12.3. The average molecular weight is 366 g/mol. The molecule has 0 fully saturated rings. The summed E-state index contributed by atoms with van der Waals surface area (Å²) in [6, 6.07) is 9.77. The van der Waals surface area contributed by atoms with Crippen LogP contribution < -0.4 is 4.74 Å². The Hall–Kier alpha value is -3.01. The predicted molar refractivity (Wildman–Crippen MR) is 109 cm³/mol. The highest BCUT2D eigenvalue weighted by Crippen LogP contribution is 2.36. The van der Waals surface area contributed by atoms with Gasteiger partial charge in [0.15, 0.2) is 0 Å². The van der Waals surface area contributed by atoms with Gasteiger partial charge in [-0.3, -0.25) is 0 Å². The molecule has 0 aliphatic rings. The standard InChI is InChI=1S/C23H26O4/c1-15(2)6-13-19-20(26-4)14-18(21(22(19)24)23(25)27-5)12-11-17-9-7-16(3)8-10-17/h6-12,14,24H,13H2,1-5H3/b12-11+. The summed E-state index contributed by atoms with van der Waals surface area (Å²) in [5.41, 5.74) is 4.51. The van der Waals surface area contributed by atoms with Crippen LogP contribution in [-0.4, -0.2) is 25.3 Å². The van der Waals surface area contributed by atoms with Crippen LogP contribution in [0.3, 0.4) is 0 Å². The monoisotopic (exact) mass is 366 g/mol. The van der Waals surface area contributed by atoms with Gasteiger partial charge >= 0.3 is 5.97 Å². The Balaban J connectivity index is 2.58. The van der Waals surface area contributed by atoms with E-state index >= 15 is 0 Å². The molecular formula is C23H26O4. The van der Waals surface area contributed by atoms with Crippen LogP contribution in [0.2, 0.25) is 0 Å². The van der Waals surface area contributed by atoms with Gasteiger partial charge in [0.25, 0.3) is 0 Å². The number of ether oxygens (including phenoxy) is 2. The molecule has 0 aliphatic heterocycles. The third kappa shape index (κ3) is 5.00. The molecule has 1 N–H and O–H groups in total. The van der Waals surface area contributed by atoms with Crippen LogP contribution in [0, 0.1) is 6.92 Å². The van der Waals surface area contributed by atoms with Gasteiger partial charge in [-0.25, -0.2) is 4.79 Å². The Morgan fingerprint density at radius 3 is 2.33 bits per heavy atom. The van der Waals surface area contributed by atoms with Crippen molar-refractivity contribution < 1.29 is 19.4 Å². The molecule has 0 amide bonds.